The van der Waals surface area contributed by atoms with E-state index in [4.69, 9.17) is 16.2 Å². The van der Waals surface area contributed by atoms with Gasteiger partial charge in [-0.15, -0.1) is 0 Å². The fourth-order valence-corrected chi connectivity index (χ4v) is 4.27. The minimum absolute atomic E-state index is 0.116. The van der Waals surface area contributed by atoms with Crippen molar-refractivity contribution in [3.8, 4) is 5.75 Å². The van der Waals surface area contributed by atoms with E-state index >= 15 is 0 Å². The fourth-order valence-electron chi connectivity index (χ4n) is 4.27. The van der Waals surface area contributed by atoms with Gasteiger partial charge in [0, 0.05) is 12.1 Å². The Kier molecular flexibility index (Phi) is 7.26. The normalized spacial score (nSPS) is 18.8. The summed E-state index contributed by atoms with van der Waals surface area (Å²) in [7, 11) is 1.67. The molecule has 10 heteroatoms. The Labute approximate surface area is 193 Å². The molecule has 1 atom stereocenters. The lowest BCUT2D eigenvalue weighted by molar-refractivity contribution is 0.0430. The van der Waals surface area contributed by atoms with Gasteiger partial charge in [-0.3, -0.25) is 4.68 Å². The van der Waals surface area contributed by atoms with Crippen molar-refractivity contribution in [3.63, 3.8) is 0 Å². The van der Waals surface area contributed by atoms with E-state index in [2.05, 4.69) is 50.8 Å². The molecule has 7 N–H and O–H groups in total. The molecule has 1 aliphatic carbocycles. The Morgan fingerprint density at radius 3 is 2.85 bits per heavy atom. The zero-order chi connectivity index (χ0) is 23.4. The number of fused-ring (bicyclic) bond motifs is 1. The molecular weight excluding hydrogens is 420 g/mol. The van der Waals surface area contributed by atoms with E-state index in [0.29, 0.717) is 23.8 Å². The highest BCUT2D eigenvalue weighted by atomic mass is 16.5. The molecule has 1 aromatic carbocycles. The van der Waals surface area contributed by atoms with Crippen molar-refractivity contribution in [1.82, 2.24) is 25.1 Å². The molecule has 2 aromatic heterocycles. The molecule has 1 unspecified atom stereocenters. The molecule has 0 amide bonds. The van der Waals surface area contributed by atoms with Crippen molar-refractivity contribution in [3.05, 3.63) is 35.5 Å². The zero-order valence-corrected chi connectivity index (χ0v) is 19.3. The van der Waals surface area contributed by atoms with E-state index in [1.54, 1.807) is 13.3 Å². The van der Waals surface area contributed by atoms with Crippen LogP contribution in [-0.4, -0.2) is 50.8 Å². The number of nitrogens with two attached hydrogens (primary N) is 2. The molecule has 33 heavy (non-hydrogen) atoms. The molecule has 0 aliphatic heterocycles. The van der Waals surface area contributed by atoms with Gasteiger partial charge in [-0.2, -0.15) is 10.1 Å². The smallest absolute Gasteiger partial charge is 0.222 e. The summed E-state index contributed by atoms with van der Waals surface area (Å²) in [4.78, 5) is 8.70. The zero-order valence-electron chi connectivity index (χ0n) is 19.3. The standard InChI is InChI=1S/C23H34N8O2/c1-3-4-20(24)29-22-21-18(28-23(25)30-22)12-27-31(21)13-16-6-5-14(9-19(16)33-2)10-26-11-15-7-17(32)8-15/h5-6,9,12,15,17,20,26,32H,3-4,7-8,10-11,13,24H2,1-2H3,(H3,25,28,29,30). The monoisotopic (exact) mass is 454 g/mol. The van der Waals surface area contributed by atoms with Gasteiger partial charge in [0.1, 0.15) is 16.8 Å². The number of nitrogen functional groups attached to an aromatic ring is 1. The number of aromatic nitrogens is 4. The number of aliphatic hydroxyl groups excluding tert-OH is 1. The van der Waals surface area contributed by atoms with Crippen LogP contribution >= 0.6 is 0 Å². The first-order valence-corrected chi connectivity index (χ1v) is 11.5. The number of rotatable bonds is 11. The van der Waals surface area contributed by atoms with Crippen molar-refractivity contribution < 1.29 is 9.84 Å². The Hall–Kier alpha value is -2.95. The molecule has 10 nitrogen and oxygen atoms in total. The summed E-state index contributed by atoms with van der Waals surface area (Å²) in [5.74, 6) is 2.13. The molecule has 0 radical (unpaired) electrons. The predicted octanol–water partition coefficient (Wildman–Crippen LogP) is 1.82. The Morgan fingerprint density at radius 1 is 1.30 bits per heavy atom. The fraction of sp³-hybridized carbons (Fsp3) is 0.522. The topological polar surface area (TPSA) is 149 Å². The van der Waals surface area contributed by atoms with Crippen LogP contribution in [0.5, 0.6) is 5.75 Å². The van der Waals surface area contributed by atoms with Crippen LogP contribution in [0, 0.1) is 5.92 Å². The summed E-state index contributed by atoms with van der Waals surface area (Å²) in [6.07, 6.45) is 4.88. The second kappa shape index (κ2) is 10.3. The van der Waals surface area contributed by atoms with Crippen LogP contribution in [0.2, 0.25) is 0 Å². The first kappa shape index (κ1) is 23.2. The third kappa shape index (κ3) is 5.52. The summed E-state index contributed by atoms with van der Waals surface area (Å²) in [5.41, 5.74) is 15.6. The summed E-state index contributed by atoms with van der Waals surface area (Å²) in [6, 6.07) is 6.20. The second-order valence-corrected chi connectivity index (χ2v) is 8.77. The largest absolute Gasteiger partial charge is 0.496 e. The van der Waals surface area contributed by atoms with Crippen LogP contribution in [0.3, 0.4) is 0 Å². The highest BCUT2D eigenvalue weighted by molar-refractivity contribution is 5.86. The van der Waals surface area contributed by atoms with Gasteiger partial charge in [0.2, 0.25) is 5.95 Å². The summed E-state index contributed by atoms with van der Waals surface area (Å²) < 4.78 is 7.52. The van der Waals surface area contributed by atoms with Gasteiger partial charge in [0.25, 0.3) is 0 Å². The summed E-state index contributed by atoms with van der Waals surface area (Å²) >= 11 is 0. The van der Waals surface area contributed by atoms with E-state index in [9.17, 15) is 5.11 Å². The van der Waals surface area contributed by atoms with E-state index in [0.717, 1.165) is 61.2 Å². The SMILES string of the molecule is CCCC(N)Nc1nc(N)nc2cnn(Cc3ccc(CNCC4CC(O)C4)cc3OC)c12. The number of hydrogen-bond donors (Lipinski definition) is 5. The second-order valence-electron chi connectivity index (χ2n) is 8.77. The minimum atomic E-state index is -0.236. The third-order valence-corrected chi connectivity index (χ3v) is 6.07. The first-order chi connectivity index (χ1) is 16.0. The summed E-state index contributed by atoms with van der Waals surface area (Å²) in [5, 5.41) is 20.7. The molecular formula is C23H34N8O2. The summed E-state index contributed by atoms with van der Waals surface area (Å²) in [6.45, 7) is 4.24. The number of methoxy groups -OCH3 is 1. The molecule has 4 rings (SSSR count). The van der Waals surface area contributed by atoms with Crippen molar-refractivity contribution in [2.24, 2.45) is 11.7 Å². The van der Waals surface area contributed by atoms with Gasteiger partial charge < -0.3 is 31.9 Å². The van der Waals surface area contributed by atoms with Crippen molar-refractivity contribution in [1.29, 1.82) is 0 Å². The molecule has 0 saturated heterocycles. The van der Waals surface area contributed by atoms with Crippen molar-refractivity contribution in [2.75, 3.05) is 24.7 Å². The lowest BCUT2D eigenvalue weighted by atomic mass is 9.82. The average Bonchev–Trinajstić information content (AvgIpc) is 3.16. The lowest BCUT2D eigenvalue weighted by Gasteiger charge is -2.31. The molecule has 1 aliphatic rings. The Bertz CT molecular complexity index is 1080. The van der Waals surface area contributed by atoms with E-state index in [-0.39, 0.29) is 18.2 Å². The van der Waals surface area contributed by atoms with Gasteiger partial charge in [-0.05, 0) is 43.4 Å². The van der Waals surface area contributed by atoms with Crippen LogP contribution in [0.15, 0.2) is 24.4 Å². The molecule has 1 saturated carbocycles. The number of anilines is 2. The Balaban J connectivity index is 1.51. The van der Waals surface area contributed by atoms with E-state index in [1.807, 2.05) is 4.68 Å². The molecule has 178 valence electrons. The van der Waals surface area contributed by atoms with E-state index < -0.39 is 0 Å². The van der Waals surface area contributed by atoms with Gasteiger partial charge >= 0.3 is 0 Å². The third-order valence-electron chi connectivity index (χ3n) is 6.07. The predicted molar refractivity (Wildman–Crippen MR) is 129 cm³/mol. The Morgan fingerprint density at radius 2 is 2.12 bits per heavy atom. The lowest BCUT2D eigenvalue weighted by Crippen LogP contribution is -2.35. The van der Waals surface area contributed by atoms with Gasteiger partial charge in [0.15, 0.2) is 5.82 Å². The van der Waals surface area contributed by atoms with Crippen LogP contribution < -0.4 is 26.8 Å². The molecule has 2 heterocycles. The van der Waals surface area contributed by atoms with E-state index in [1.165, 1.54) is 0 Å². The van der Waals surface area contributed by atoms with Crippen molar-refractivity contribution >= 4 is 22.8 Å². The number of ether oxygens (including phenoxy) is 1. The minimum Gasteiger partial charge on any atom is -0.496 e. The average molecular weight is 455 g/mol. The van der Waals surface area contributed by atoms with Crippen molar-refractivity contribution in [2.45, 2.75) is 58.0 Å². The van der Waals surface area contributed by atoms with Crippen LogP contribution in [0.4, 0.5) is 11.8 Å². The van der Waals surface area contributed by atoms with Gasteiger partial charge in [0.05, 0.1) is 32.1 Å². The maximum absolute atomic E-state index is 9.43. The maximum Gasteiger partial charge on any atom is 0.222 e. The number of aliphatic hydroxyl groups is 1. The van der Waals surface area contributed by atoms with Crippen LogP contribution in [0.1, 0.15) is 43.7 Å². The highest BCUT2D eigenvalue weighted by Crippen LogP contribution is 2.28. The van der Waals surface area contributed by atoms with Gasteiger partial charge in [-0.25, -0.2) is 4.98 Å². The molecule has 0 spiro atoms. The maximum atomic E-state index is 9.43. The number of hydrogen-bond acceptors (Lipinski definition) is 9. The van der Waals surface area contributed by atoms with Crippen LogP contribution in [0.25, 0.3) is 11.0 Å². The number of benzene rings is 1. The number of nitrogens with zero attached hydrogens (tertiary/aromatic N) is 4. The molecule has 0 bridgehead atoms. The highest BCUT2D eigenvalue weighted by Gasteiger charge is 2.26. The van der Waals surface area contributed by atoms with Crippen LogP contribution in [-0.2, 0) is 13.1 Å². The molecule has 1 fully saturated rings. The van der Waals surface area contributed by atoms with Gasteiger partial charge in [-0.1, -0.05) is 25.5 Å². The first-order valence-electron chi connectivity index (χ1n) is 11.5. The number of nitrogens with one attached hydrogen (secondary N) is 2. The molecule has 3 aromatic rings. The quantitative estimate of drug-likeness (QED) is 0.273.